The molecule has 1 aliphatic heterocycles. The first-order chi connectivity index (χ1) is 8.06. The van der Waals surface area contributed by atoms with E-state index in [0.717, 1.165) is 18.4 Å². The standard InChI is InChI=1S/C14H16O3/c1-3-4-10-5-7-11(8-6-10)14(2)9-12(15)17-13(14)16/h5-8H,3-4,9H2,1-2H3. The number of hydrogen-bond acceptors (Lipinski definition) is 3. The van der Waals surface area contributed by atoms with E-state index in [2.05, 4.69) is 11.7 Å². The second kappa shape index (κ2) is 4.32. The van der Waals surface area contributed by atoms with Crippen LogP contribution >= 0.6 is 0 Å². The van der Waals surface area contributed by atoms with Crippen LogP contribution in [0, 0.1) is 0 Å². The number of esters is 2. The lowest BCUT2D eigenvalue weighted by atomic mass is 9.81. The molecule has 1 atom stereocenters. The monoisotopic (exact) mass is 232 g/mol. The summed E-state index contributed by atoms with van der Waals surface area (Å²) in [7, 11) is 0. The first kappa shape index (κ1) is 11.8. The third kappa shape index (κ3) is 2.09. The van der Waals surface area contributed by atoms with Gasteiger partial charge in [-0.2, -0.15) is 0 Å². The van der Waals surface area contributed by atoms with E-state index >= 15 is 0 Å². The summed E-state index contributed by atoms with van der Waals surface area (Å²) in [4.78, 5) is 22.8. The smallest absolute Gasteiger partial charge is 0.324 e. The Morgan fingerprint density at radius 2 is 1.88 bits per heavy atom. The molecule has 1 fully saturated rings. The first-order valence-electron chi connectivity index (χ1n) is 5.91. The predicted molar refractivity (Wildman–Crippen MR) is 63.5 cm³/mol. The van der Waals surface area contributed by atoms with E-state index in [9.17, 15) is 9.59 Å². The van der Waals surface area contributed by atoms with Gasteiger partial charge in [0.05, 0.1) is 6.42 Å². The topological polar surface area (TPSA) is 43.4 Å². The Morgan fingerprint density at radius 1 is 1.24 bits per heavy atom. The molecule has 0 spiro atoms. The van der Waals surface area contributed by atoms with Crippen molar-refractivity contribution in [3.8, 4) is 0 Å². The molecule has 3 nitrogen and oxygen atoms in total. The van der Waals surface area contributed by atoms with Gasteiger partial charge in [0.15, 0.2) is 0 Å². The minimum absolute atomic E-state index is 0.138. The van der Waals surface area contributed by atoms with Crippen molar-refractivity contribution in [3.63, 3.8) is 0 Å². The van der Waals surface area contributed by atoms with Crippen molar-refractivity contribution >= 4 is 11.9 Å². The summed E-state index contributed by atoms with van der Waals surface area (Å²) in [5, 5.41) is 0. The minimum Gasteiger partial charge on any atom is -0.392 e. The van der Waals surface area contributed by atoms with Crippen LogP contribution in [0.4, 0.5) is 0 Å². The van der Waals surface area contributed by atoms with Crippen LogP contribution < -0.4 is 0 Å². The van der Waals surface area contributed by atoms with Gasteiger partial charge in [-0.15, -0.1) is 0 Å². The van der Waals surface area contributed by atoms with Crippen LogP contribution in [0.25, 0.3) is 0 Å². The summed E-state index contributed by atoms with van der Waals surface area (Å²) in [5.74, 6) is -0.874. The fourth-order valence-corrected chi connectivity index (χ4v) is 2.16. The molecular weight excluding hydrogens is 216 g/mol. The Bertz CT molecular complexity index is 447. The van der Waals surface area contributed by atoms with Gasteiger partial charge in [-0.1, -0.05) is 37.6 Å². The Morgan fingerprint density at radius 3 is 2.35 bits per heavy atom. The van der Waals surface area contributed by atoms with Gasteiger partial charge < -0.3 is 4.74 Å². The van der Waals surface area contributed by atoms with E-state index < -0.39 is 17.4 Å². The number of cyclic esters (lactones) is 2. The maximum Gasteiger partial charge on any atom is 0.324 e. The molecule has 0 amide bonds. The van der Waals surface area contributed by atoms with Crippen LogP contribution in [0.15, 0.2) is 24.3 Å². The highest BCUT2D eigenvalue weighted by molar-refractivity contribution is 6.00. The van der Waals surface area contributed by atoms with Crippen LogP contribution in [0.5, 0.6) is 0 Å². The Kier molecular flexibility index (Phi) is 3.01. The molecule has 1 heterocycles. The van der Waals surface area contributed by atoms with Gasteiger partial charge in [-0.25, -0.2) is 0 Å². The van der Waals surface area contributed by atoms with E-state index in [-0.39, 0.29) is 6.42 Å². The Balaban J connectivity index is 2.28. The quantitative estimate of drug-likeness (QED) is 0.593. The Hall–Kier alpha value is -1.64. The van der Waals surface area contributed by atoms with Crippen molar-refractivity contribution in [2.75, 3.05) is 0 Å². The zero-order valence-electron chi connectivity index (χ0n) is 10.2. The SMILES string of the molecule is CCCc1ccc(C2(C)CC(=O)OC2=O)cc1. The van der Waals surface area contributed by atoms with Gasteiger partial charge in [0.1, 0.15) is 5.41 Å². The van der Waals surface area contributed by atoms with E-state index in [1.807, 2.05) is 24.3 Å². The Labute approximate surface area is 101 Å². The lowest BCUT2D eigenvalue weighted by Gasteiger charge is -2.18. The molecule has 0 aromatic heterocycles. The number of hydrogen-bond donors (Lipinski definition) is 0. The van der Waals surface area contributed by atoms with Gasteiger partial charge in [0, 0.05) is 0 Å². The summed E-state index contributed by atoms with van der Waals surface area (Å²) < 4.78 is 4.63. The second-order valence-electron chi connectivity index (χ2n) is 4.72. The number of carbonyl (C=O) groups is 2. The molecule has 2 rings (SSSR count). The molecule has 1 unspecified atom stereocenters. The van der Waals surface area contributed by atoms with Crippen LogP contribution in [-0.4, -0.2) is 11.9 Å². The van der Waals surface area contributed by atoms with Gasteiger partial charge in [-0.05, 0) is 24.5 Å². The largest absolute Gasteiger partial charge is 0.392 e. The highest BCUT2D eigenvalue weighted by atomic mass is 16.6. The molecule has 0 N–H and O–H groups in total. The minimum atomic E-state index is -0.804. The first-order valence-corrected chi connectivity index (χ1v) is 5.91. The van der Waals surface area contributed by atoms with E-state index in [1.54, 1.807) is 6.92 Å². The number of aryl methyl sites for hydroxylation is 1. The molecule has 1 aliphatic rings. The third-order valence-corrected chi connectivity index (χ3v) is 3.28. The van der Waals surface area contributed by atoms with Crippen molar-refractivity contribution in [1.82, 2.24) is 0 Å². The predicted octanol–water partition coefficient (Wildman–Crippen LogP) is 2.37. The zero-order valence-corrected chi connectivity index (χ0v) is 10.2. The molecule has 3 heteroatoms. The molecule has 0 saturated carbocycles. The highest BCUT2D eigenvalue weighted by Gasteiger charge is 2.46. The summed E-state index contributed by atoms with van der Waals surface area (Å²) >= 11 is 0. The van der Waals surface area contributed by atoms with Gasteiger partial charge >= 0.3 is 11.9 Å². The maximum absolute atomic E-state index is 11.7. The van der Waals surface area contributed by atoms with Crippen molar-refractivity contribution in [3.05, 3.63) is 35.4 Å². The molecule has 1 saturated heterocycles. The fourth-order valence-electron chi connectivity index (χ4n) is 2.16. The van der Waals surface area contributed by atoms with Crippen LogP contribution in [0.3, 0.4) is 0 Å². The van der Waals surface area contributed by atoms with Crippen molar-refractivity contribution in [1.29, 1.82) is 0 Å². The van der Waals surface area contributed by atoms with Gasteiger partial charge in [0.25, 0.3) is 0 Å². The van der Waals surface area contributed by atoms with E-state index in [1.165, 1.54) is 5.56 Å². The van der Waals surface area contributed by atoms with Crippen molar-refractivity contribution < 1.29 is 14.3 Å². The fraction of sp³-hybridized carbons (Fsp3) is 0.429. The molecule has 0 bridgehead atoms. The lowest BCUT2D eigenvalue weighted by Crippen LogP contribution is -2.27. The molecule has 17 heavy (non-hydrogen) atoms. The van der Waals surface area contributed by atoms with Crippen LogP contribution in [-0.2, 0) is 26.2 Å². The molecule has 90 valence electrons. The summed E-state index contributed by atoms with van der Waals surface area (Å²) in [6.07, 6.45) is 2.26. The lowest BCUT2D eigenvalue weighted by molar-refractivity contribution is -0.153. The number of ether oxygens (including phenoxy) is 1. The highest BCUT2D eigenvalue weighted by Crippen LogP contribution is 2.34. The van der Waals surface area contributed by atoms with Gasteiger partial charge in [0.2, 0.25) is 0 Å². The summed E-state index contributed by atoms with van der Waals surface area (Å²) in [6, 6.07) is 7.87. The molecular formula is C14H16O3. The average Bonchev–Trinajstić information content (AvgIpc) is 2.55. The molecule has 1 aromatic carbocycles. The van der Waals surface area contributed by atoms with Crippen LogP contribution in [0.2, 0.25) is 0 Å². The van der Waals surface area contributed by atoms with E-state index in [0.29, 0.717) is 0 Å². The number of rotatable bonds is 3. The molecule has 1 aromatic rings. The van der Waals surface area contributed by atoms with Crippen LogP contribution in [0.1, 0.15) is 37.8 Å². The summed E-state index contributed by atoms with van der Waals surface area (Å²) in [5.41, 5.74) is 1.30. The van der Waals surface area contributed by atoms with Crippen molar-refractivity contribution in [2.45, 2.75) is 38.5 Å². The normalized spacial score (nSPS) is 23.9. The van der Waals surface area contributed by atoms with Gasteiger partial charge in [-0.3, -0.25) is 9.59 Å². The summed E-state index contributed by atoms with van der Waals surface area (Å²) in [6.45, 7) is 3.89. The number of carbonyl (C=O) groups excluding carboxylic acids is 2. The average molecular weight is 232 g/mol. The molecule has 0 aliphatic carbocycles. The number of benzene rings is 1. The molecule has 0 radical (unpaired) electrons. The van der Waals surface area contributed by atoms with E-state index in [4.69, 9.17) is 0 Å². The van der Waals surface area contributed by atoms with Crippen molar-refractivity contribution in [2.24, 2.45) is 0 Å². The zero-order chi connectivity index (χ0) is 12.5. The second-order valence-corrected chi connectivity index (χ2v) is 4.72. The third-order valence-electron chi connectivity index (χ3n) is 3.28. The maximum atomic E-state index is 11.7.